The van der Waals surface area contributed by atoms with Gasteiger partial charge in [0, 0.05) is 11.6 Å². The van der Waals surface area contributed by atoms with Gasteiger partial charge in [-0.25, -0.2) is 9.59 Å². The van der Waals surface area contributed by atoms with Crippen LogP contribution in [0, 0.1) is 0 Å². The molecule has 0 saturated heterocycles. The second kappa shape index (κ2) is 11.6. The molecule has 0 aromatic carbocycles. The minimum Gasteiger partial charge on any atom is -0.478 e. The minimum absolute atomic E-state index is 0.176. The van der Waals surface area contributed by atoms with Crippen LogP contribution < -0.4 is 0 Å². The Bertz CT molecular complexity index is 283. The molecule has 0 amide bonds. The van der Waals surface area contributed by atoms with Gasteiger partial charge in [0.25, 0.3) is 0 Å². The Kier molecular flexibility index (Phi) is 13.9. The van der Waals surface area contributed by atoms with Gasteiger partial charge in [-0.15, -0.1) is 6.58 Å². The van der Waals surface area contributed by atoms with E-state index >= 15 is 0 Å². The van der Waals surface area contributed by atoms with Crippen LogP contribution in [0.1, 0.15) is 34.6 Å². The van der Waals surface area contributed by atoms with E-state index in [9.17, 15) is 9.59 Å². The van der Waals surface area contributed by atoms with Crippen LogP contribution in [-0.4, -0.2) is 22.6 Å². The van der Waals surface area contributed by atoms with Crippen molar-refractivity contribution in [3.8, 4) is 0 Å². The molecule has 0 unspecified atom stereocenters. The Morgan fingerprint density at radius 1 is 1.22 bits per heavy atom. The largest absolute Gasteiger partial charge is 0.478 e. The predicted octanol–water partition coefficient (Wildman–Crippen LogP) is 3.35. The van der Waals surface area contributed by atoms with E-state index in [1.807, 2.05) is 27.7 Å². The number of carboxylic acid groups (broad SMARTS) is 1. The summed E-state index contributed by atoms with van der Waals surface area (Å²) in [6.07, 6.45) is 2.91. The fraction of sp³-hybridized carbons (Fsp3) is 0.429. The Morgan fingerprint density at radius 2 is 1.50 bits per heavy atom. The van der Waals surface area contributed by atoms with Gasteiger partial charge in [-0.05, 0) is 34.6 Å². The number of aliphatic carboxylic acids is 1. The molecule has 1 N–H and O–H groups in total. The van der Waals surface area contributed by atoms with Gasteiger partial charge in [-0.2, -0.15) is 0 Å². The van der Waals surface area contributed by atoms with Crippen LogP contribution in [0.2, 0.25) is 0 Å². The molecule has 4 heteroatoms. The summed E-state index contributed by atoms with van der Waals surface area (Å²) in [5.74, 6) is -1.31. The van der Waals surface area contributed by atoms with Gasteiger partial charge in [-0.3, -0.25) is 0 Å². The van der Waals surface area contributed by atoms with Gasteiger partial charge in [-0.1, -0.05) is 19.2 Å². The third-order valence-electron chi connectivity index (χ3n) is 0.939. The van der Waals surface area contributed by atoms with Gasteiger partial charge in [0.05, 0.1) is 0 Å². The van der Waals surface area contributed by atoms with Crippen molar-refractivity contribution in [1.29, 1.82) is 0 Å². The normalized spacial score (nSPS) is 8.50. The van der Waals surface area contributed by atoms with Crippen molar-refractivity contribution in [3.63, 3.8) is 0 Å². The minimum atomic E-state index is -0.935. The van der Waals surface area contributed by atoms with E-state index in [0.717, 1.165) is 6.08 Å². The summed E-state index contributed by atoms with van der Waals surface area (Å²) in [7, 11) is 0. The summed E-state index contributed by atoms with van der Waals surface area (Å²) in [5.41, 5.74) is -0.222. The Morgan fingerprint density at radius 3 is 1.56 bits per heavy atom. The molecule has 0 aliphatic rings. The van der Waals surface area contributed by atoms with Gasteiger partial charge in [0.1, 0.15) is 5.60 Å². The molecule has 0 heterocycles. The van der Waals surface area contributed by atoms with Crippen molar-refractivity contribution < 1.29 is 19.4 Å². The zero-order valence-corrected chi connectivity index (χ0v) is 11.9. The number of carbonyl (C=O) groups excluding carboxylic acids is 1. The van der Waals surface area contributed by atoms with Crippen LogP contribution in [0.15, 0.2) is 37.5 Å². The molecule has 0 aromatic rings. The highest BCUT2D eigenvalue weighted by molar-refractivity contribution is 5.84. The van der Waals surface area contributed by atoms with Crippen LogP contribution >= 0.6 is 0 Å². The molecule has 0 rings (SSSR count). The van der Waals surface area contributed by atoms with Crippen molar-refractivity contribution in [1.82, 2.24) is 0 Å². The van der Waals surface area contributed by atoms with Gasteiger partial charge < -0.3 is 9.84 Å². The van der Waals surface area contributed by atoms with E-state index in [4.69, 9.17) is 9.84 Å². The van der Waals surface area contributed by atoms with Gasteiger partial charge >= 0.3 is 11.9 Å². The number of ether oxygens (including phenoxy) is 1. The number of hydrogen-bond donors (Lipinski definition) is 1. The zero-order valence-electron chi connectivity index (χ0n) is 11.9. The number of carboxylic acids is 1. The average molecular weight is 256 g/mol. The number of rotatable bonds is 2. The third kappa shape index (κ3) is 29.2. The highest BCUT2D eigenvalue weighted by Gasteiger charge is 2.12. The van der Waals surface area contributed by atoms with E-state index in [-0.39, 0.29) is 11.5 Å². The van der Waals surface area contributed by atoms with E-state index in [0.29, 0.717) is 0 Å². The monoisotopic (exact) mass is 256 g/mol. The SMILES string of the molecule is C=C(C)C(=O)O.C=CC.C=CC(=O)OC(C)(C)C. The third-order valence-corrected chi connectivity index (χ3v) is 0.939. The molecule has 0 fully saturated rings. The van der Waals surface area contributed by atoms with Crippen molar-refractivity contribution in [3.05, 3.63) is 37.5 Å². The van der Waals surface area contributed by atoms with Crippen LogP contribution in [0.3, 0.4) is 0 Å². The highest BCUT2D eigenvalue weighted by Crippen LogP contribution is 2.06. The zero-order chi connectivity index (χ0) is 15.4. The lowest BCUT2D eigenvalue weighted by atomic mass is 10.2. The molecular formula is C14H24O4. The van der Waals surface area contributed by atoms with Crippen LogP contribution in [0.4, 0.5) is 0 Å². The first kappa shape index (κ1) is 21.4. The standard InChI is InChI=1S/C7H12O2.C4H6O2.C3H6/c1-5-6(8)9-7(2,3)4;1-3(2)4(5)6;1-3-2/h5H,1H2,2-4H3;1H2,2H3,(H,5,6);3H,1H2,2H3. The topological polar surface area (TPSA) is 63.6 Å². The molecule has 104 valence electrons. The number of esters is 1. The fourth-order valence-electron chi connectivity index (χ4n) is 0.343. The fourth-order valence-corrected chi connectivity index (χ4v) is 0.343. The number of allylic oxidation sites excluding steroid dienone is 1. The maximum absolute atomic E-state index is 10.5. The molecule has 0 aliphatic heterocycles. The number of carbonyl (C=O) groups is 2. The van der Waals surface area contributed by atoms with E-state index in [1.54, 1.807) is 6.08 Å². The molecule has 0 saturated carbocycles. The van der Waals surface area contributed by atoms with Crippen molar-refractivity contribution >= 4 is 11.9 Å². The highest BCUT2D eigenvalue weighted by atomic mass is 16.6. The van der Waals surface area contributed by atoms with Gasteiger partial charge in [0.15, 0.2) is 0 Å². The Balaban J connectivity index is -0.000000216. The summed E-state index contributed by atoms with van der Waals surface area (Å²) in [5, 5.41) is 7.89. The first-order chi connectivity index (χ1) is 8.01. The first-order valence-electron chi connectivity index (χ1n) is 5.33. The summed E-state index contributed by atoms with van der Waals surface area (Å²) in [6.45, 7) is 18.6. The smallest absolute Gasteiger partial charge is 0.330 e. The molecule has 0 radical (unpaired) electrons. The van der Waals surface area contributed by atoms with Crippen molar-refractivity contribution in [2.45, 2.75) is 40.2 Å². The lowest BCUT2D eigenvalue weighted by molar-refractivity contribution is -0.148. The van der Waals surface area contributed by atoms with E-state index in [1.165, 1.54) is 6.92 Å². The number of hydrogen-bond acceptors (Lipinski definition) is 3. The maximum atomic E-state index is 10.5. The van der Waals surface area contributed by atoms with E-state index in [2.05, 4.69) is 19.7 Å². The molecular weight excluding hydrogens is 232 g/mol. The molecule has 0 aliphatic carbocycles. The summed E-state index contributed by atoms with van der Waals surface area (Å²) >= 11 is 0. The van der Waals surface area contributed by atoms with E-state index < -0.39 is 11.6 Å². The molecule has 0 aromatic heterocycles. The molecule has 4 nitrogen and oxygen atoms in total. The summed E-state index contributed by atoms with van der Waals surface area (Å²) in [6, 6.07) is 0. The Labute approximate surface area is 110 Å². The summed E-state index contributed by atoms with van der Waals surface area (Å²) < 4.78 is 4.83. The van der Waals surface area contributed by atoms with Crippen LogP contribution in [0.25, 0.3) is 0 Å². The molecule has 0 bridgehead atoms. The second-order valence-electron chi connectivity index (χ2n) is 4.23. The average Bonchev–Trinajstić information content (AvgIpc) is 2.17. The van der Waals surface area contributed by atoms with Crippen LogP contribution in [-0.2, 0) is 14.3 Å². The quantitative estimate of drug-likeness (QED) is 0.467. The molecule has 0 spiro atoms. The Hall–Kier alpha value is -1.84. The van der Waals surface area contributed by atoms with Crippen molar-refractivity contribution in [2.75, 3.05) is 0 Å². The summed E-state index contributed by atoms with van der Waals surface area (Å²) in [4.78, 5) is 20.1. The first-order valence-corrected chi connectivity index (χ1v) is 5.33. The second-order valence-corrected chi connectivity index (χ2v) is 4.23. The van der Waals surface area contributed by atoms with Crippen LogP contribution in [0.5, 0.6) is 0 Å². The predicted molar refractivity (Wildman–Crippen MR) is 74.4 cm³/mol. The van der Waals surface area contributed by atoms with Gasteiger partial charge in [0.2, 0.25) is 0 Å². The molecule has 0 atom stereocenters. The van der Waals surface area contributed by atoms with Crippen molar-refractivity contribution in [2.24, 2.45) is 0 Å². The molecule has 18 heavy (non-hydrogen) atoms. The lowest BCUT2D eigenvalue weighted by Crippen LogP contribution is -2.22. The lowest BCUT2D eigenvalue weighted by Gasteiger charge is -2.17. The maximum Gasteiger partial charge on any atom is 0.330 e.